The molecule has 0 bridgehead atoms. The highest BCUT2D eigenvalue weighted by Gasteiger charge is 2.20. The number of amides is 1. The van der Waals surface area contributed by atoms with Crippen molar-refractivity contribution in [2.75, 3.05) is 67.7 Å². The predicted octanol–water partition coefficient (Wildman–Crippen LogP) is 2.97. The highest BCUT2D eigenvalue weighted by Crippen LogP contribution is 2.32. The van der Waals surface area contributed by atoms with Crippen LogP contribution in [0, 0.1) is 6.92 Å². The smallest absolute Gasteiger partial charge is 0.257 e. The van der Waals surface area contributed by atoms with Crippen LogP contribution in [0.5, 0.6) is 0 Å². The van der Waals surface area contributed by atoms with Gasteiger partial charge in [-0.15, -0.1) is 0 Å². The van der Waals surface area contributed by atoms with Crippen molar-refractivity contribution in [2.45, 2.75) is 6.92 Å². The third-order valence-electron chi connectivity index (χ3n) is 5.88. The van der Waals surface area contributed by atoms with E-state index in [1.165, 1.54) is 0 Å². The molecule has 0 atom stereocenters. The lowest BCUT2D eigenvalue weighted by Gasteiger charge is -2.33. The first-order valence-corrected chi connectivity index (χ1v) is 11.2. The minimum Gasteiger partial charge on any atom is -0.378 e. The van der Waals surface area contributed by atoms with Gasteiger partial charge in [0.1, 0.15) is 0 Å². The van der Waals surface area contributed by atoms with E-state index >= 15 is 0 Å². The van der Waals surface area contributed by atoms with E-state index in [1.807, 2.05) is 18.2 Å². The third kappa shape index (κ3) is 4.84. The van der Waals surface area contributed by atoms with Gasteiger partial charge in [0.2, 0.25) is 0 Å². The molecule has 0 radical (unpaired) electrons. The maximum absolute atomic E-state index is 13.1. The number of benzene rings is 2. The fourth-order valence-electron chi connectivity index (χ4n) is 4.08. The lowest BCUT2D eigenvalue weighted by molar-refractivity contribution is 0.102. The Hall–Kier alpha value is -3.43. The van der Waals surface area contributed by atoms with Crippen molar-refractivity contribution < 1.29 is 18.8 Å². The van der Waals surface area contributed by atoms with E-state index in [4.69, 9.17) is 14.0 Å². The molecule has 2 aromatic carbocycles. The number of aromatic nitrogens is 2. The van der Waals surface area contributed by atoms with E-state index < -0.39 is 0 Å². The SMILES string of the molecule is Cc1noc(-c2ccc(C(=O)Nc3ccc(N4CCOCC4)cc3N3CCOCC3)cc2)n1. The van der Waals surface area contributed by atoms with Crippen molar-refractivity contribution in [2.24, 2.45) is 0 Å². The number of rotatable bonds is 5. The summed E-state index contributed by atoms with van der Waals surface area (Å²) in [5.74, 6) is 0.840. The maximum Gasteiger partial charge on any atom is 0.257 e. The number of carbonyl (C=O) groups is 1. The van der Waals surface area contributed by atoms with Gasteiger partial charge in [-0.05, 0) is 49.4 Å². The van der Waals surface area contributed by atoms with Crippen molar-refractivity contribution in [1.29, 1.82) is 0 Å². The Labute approximate surface area is 192 Å². The fourth-order valence-corrected chi connectivity index (χ4v) is 4.08. The van der Waals surface area contributed by atoms with Crippen LogP contribution < -0.4 is 15.1 Å². The van der Waals surface area contributed by atoms with Gasteiger partial charge in [0.15, 0.2) is 5.82 Å². The fraction of sp³-hybridized carbons (Fsp3) is 0.375. The van der Waals surface area contributed by atoms with Crippen molar-refractivity contribution in [3.05, 3.63) is 53.9 Å². The maximum atomic E-state index is 13.1. The Bertz CT molecular complexity index is 1100. The summed E-state index contributed by atoms with van der Waals surface area (Å²) in [4.78, 5) is 21.9. The average molecular weight is 450 g/mol. The van der Waals surface area contributed by atoms with E-state index in [2.05, 4.69) is 37.4 Å². The number of morpholine rings is 2. The van der Waals surface area contributed by atoms with Gasteiger partial charge in [-0.25, -0.2) is 0 Å². The summed E-state index contributed by atoms with van der Waals surface area (Å²) in [5, 5.41) is 6.91. The topological polar surface area (TPSA) is 93.0 Å². The zero-order valence-corrected chi connectivity index (χ0v) is 18.6. The number of hydrogen-bond acceptors (Lipinski definition) is 8. The molecule has 2 saturated heterocycles. The lowest BCUT2D eigenvalue weighted by atomic mass is 10.1. The van der Waals surface area contributed by atoms with Crippen molar-refractivity contribution in [3.8, 4) is 11.5 Å². The molecule has 1 amide bonds. The molecule has 3 aromatic rings. The van der Waals surface area contributed by atoms with Crippen LogP contribution in [0.4, 0.5) is 17.1 Å². The largest absolute Gasteiger partial charge is 0.378 e. The van der Waals surface area contributed by atoms with Crippen molar-refractivity contribution >= 4 is 23.0 Å². The molecule has 2 aliphatic heterocycles. The molecular formula is C24H27N5O4. The molecule has 33 heavy (non-hydrogen) atoms. The Morgan fingerprint density at radius 1 is 0.909 bits per heavy atom. The number of hydrogen-bond donors (Lipinski definition) is 1. The highest BCUT2D eigenvalue weighted by atomic mass is 16.5. The molecule has 9 nitrogen and oxygen atoms in total. The van der Waals surface area contributed by atoms with Crippen LogP contribution in [-0.2, 0) is 9.47 Å². The van der Waals surface area contributed by atoms with Crippen LogP contribution in [0.3, 0.4) is 0 Å². The number of carbonyl (C=O) groups excluding carboxylic acids is 1. The van der Waals surface area contributed by atoms with Gasteiger partial charge >= 0.3 is 0 Å². The van der Waals surface area contributed by atoms with Crippen LogP contribution in [0.2, 0.25) is 0 Å². The molecule has 9 heteroatoms. The van der Waals surface area contributed by atoms with Crippen LogP contribution >= 0.6 is 0 Å². The van der Waals surface area contributed by atoms with Gasteiger partial charge < -0.3 is 29.1 Å². The van der Waals surface area contributed by atoms with Gasteiger partial charge in [-0.2, -0.15) is 4.98 Å². The zero-order chi connectivity index (χ0) is 22.6. The molecule has 0 spiro atoms. The molecule has 1 N–H and O–H groups in total. The minimum atomic E-state index is -0.170. The summed E-state index contributed by atoms with van der Waals surface area (Å²) in [6.45, 7) is 7.86. The summed E-state index contributed by atoms with van der Waals surface area (Å²) in [5.41, 5.74) is 4.26. The second-order valence-corrected chi connectivity index (χ2v) is 8.08. The first-order chi connectivity index (χ1) is 16.2. The molecule has 2 fully saturated rings. The Morgan fingerprint density at radius 2 is 1.58 bits per heavy atom. The second-order valence-electron chi connectivity index (χ2n) is 8.08. The predicted molar refractivity (Wildman–Crippen MR) is 125 cm³/mol. The Balaban J connectivity index is 1.37. The monoisotopic (exact) mass is 449 g/mol. The third-order valence-corrected chi connectivity index (χ3v) is 5.88. The van der Waals surface area contributed by atoms with Crippen LogP contribution in [0.25, 0.3) is 11.5 Å². The van der Waals surface area contributed by atoms with Gasteiger partial charge in [-0.1, -0.05) is 5.16 Å². The summed E-state index contributed by atoms with van der Waals surface area (Å²) in [6.07, 6.45) is 0. The molecule has 0 aliphatic carbocycles. The number of aryl methyl sites for hydroxylation is 1. The van der Waals surface area contributed by atoms with E-state index in [9.17, 15) is 4.79 Å². The molecule has 1 aromatic heterocycles. The van der Waals surface area contributed by atoms with Gasteiger partial charge in [-0.3, -0.25) is 4.79 Å². The van der Waals surface area contributed by atoms with Crippen molar-refractivity contribution in [3.63, 3.8) is 0 Å². The van der Waals surface area contributed by atoms with Crippen LogP contribution in [0.15, 0.2) is 47.0 Å². The van der Waals surface area contributed by atoms with E-state index in [1.54, 1.807) is 19.1 Å². The van der Waals surface area contributed by atoms with Gasteiger partial charge in [0, 0.05) is 43.0 Å². The van der Waals surface area contributed by atoms with Crippen LogP contribution in [0.1, 0.15) is 16.2 Å². The Morgan fingerprint density at radius 3 is 2.21 bits per heavy atom. The quantitative estimate of drug-likeness (QED) is 0.636. The molecular weight excluding hydrogens is 422 g/mol. The number of ether oxygens (including phenoxy) is 2. The highest BCUT2D eigenvalue weighted by molar-refractivity contribution is 6.06. The average Bonchev–Trinajstić information content (AvgIpc) is 3.31. The summed E-state index contributed by atoms with van der Waals surface area (Å²) < 4.78 is 16.2. The van der Waals surface area contributed by atoms with E-state index in [0.717, 1.165) is 62.0 Å². The lowest BCUT2D eigenvalue weighted by Crippen LogP contribution is -2.38. The molecule has 2 aliphatic rings. The number of anilines is 3. The number of nitrogens with zero attached hydrogens (tertiary/aromatic N) is 4. The van der Waals surface area contributed by atoms with Gasteiger partial charge in [0.05, 0.1) is 37.8 Å². The van der Waals surface area contributed by atoms with Gasteiger partial charge in [0.25, 0.3) is 11.8 Å². The summed E-state index contributed by atoms with van der Waals surface area (Å²) in [6, 6.07) is 13.4. The summed E-state index contributed by atoms with van der Waals surface area (Å²) >= 11 is 0. The molecule has 3 heterocycles. The zero-order valence-electron chi connectivity index (χ0n) is 18.6. The Kier molecular flexibility index (Phi) is 6.23. The molecule has 0 saturated carbocycles. The van der Waals surface area contributed by atoms with E-state index in [-0.39, 0.29) is 5.91 Å². The second kappa shape index (κ2) is 9.60. The number of nitrogens with one attached hydrogen (secondary N) is 1. The normalized spacial score (nSPS) is 16.6. The molecule has 5 rings (SSSR count). The van der Waals surface area contributed by atoms with Crippen LogP contribution in [-0.4, -0.2) is 68.7 Å². The first kappa shape index (κ1) is 21.4. The van der Waals surface area contributed by atoms with E-state index in [0.29, 0.717) is 30.5 Å². The first-order valence-electron chi connectivity index (χ1n) is 11.2. The summed E-state index contributed by atoms with van der Waals surface area (Å²) in [7, 11) is 0. The molecule has 0 unspecified atom stereocenters. The minimum absolute atomic E-state index is 0.170. The molecule has 172 valence electrons. The van der Waals surface area contributed by atoms with Crippen molar-refractivity contribution in [1.82, 2.24) is 10.1 Å². The standard InChI is InChI=1S/C24H27N5O4/c1-17-25-24(33-27-17)19-4-2-18(3-5-19)23(30)26-21-7-6-20(28-8-12-31-13-9-28)16-22(21)29-10-14-32-15-11-29/h2-7,16H,8-15H2,1H3,(H,26,30).